The zero-order chi connectivity index (χ0) is 19.9. The number of hydrogen-bond acceptors (Lipinski definition) is 4. The molecule has 0 amide bonds. The minimum Gasteiger partial charge on any atom is -0.389 e. The van der Waals surface area contributed by atoms with Crippen LogP contribution in [0, 0.1) is 0 Å². The lowest BCUT2D eigenvalue weighted by molar-refractivity contribution is 0.131. The van der Waals surface area contributed by atoms with Gasteiger partial charge in [-0.1, -0.05) is 18.2 Å². The maximum Gasteiger partial charge on any atom is 0.244 e. The second-order valence-corrected chi connectivity index (χ2v) is 9.89. The monoisotopic (exact) mass is 401 g/mol. The summed E-state index contributed by atoms with van der Waals surface area (Å²) < 4.78 is 27.1. The van der Waals surface area contributed by atoms with Crippen LogP contribution in [-0.2, 0) is 16.6 Å². The Kier molecular flexibility index (Phi) is 4.85. The maximum atomic E-state index is 13.4. The Morgan fingerprint density at radius 3 is 2.93 bits per heavy atom. The number of nitrogens with one attached hydrogen (secondary N) is 1. The number of aliphatic hydroxyl groups excluding tert-OH is 1. The predicted octanol–water partition coefficient (Wildman–Crippen LogP) is 2.60. The van der Waals surface area contributed by atoms with E-state index in [1.54, 1.807) is 12.2 Å². The molecule has 2 aliphatic heterocycles. The number of nitrogens with zero attached hydrogens (tertiary/aromatic N) is 2. The SMILES string of the molecule is C/C=C\C(=C/C)N1C[C@H](O)[C@]2(CCN(Cc3ccc4[nH]ccc4c3)C2)S1(=O)=O. The Hall–Kier alpha value is -2.09. The fourth-order valence-electron chi connectivity index (χ4n) is 4.51. The van der Waals surface area contributed by atoms with Crippen LogP contribution in [-0.4, -0.2) is 58.2 Å². The number of hydrogen-bond donors (Lipinski definition) is 2. The Balaban J connectivity index is 1.57. The van der Waals surface area contributed by atoms with Crippen molar-refractivity contribution in [1.29, 1.82) is 0 Å². The Labute approximate surface area is 166 Å². The van der Waals surface area contributed by atoms with Gasteiger partial charge in [-0.15, -0.1) is 0 Å². The number of aromatic amines is 1. The summed E-state index contributed by atoms with van der Waals surface area (Å²) in [5.74, 6) is 0. The molecule has 28 heavy (non-hydrogen) atoms. The molecular weight excluding hydrogens is 374 g/mol. The van der Waals surface area contributed by atoms with Crippen molar-refractivity contribution in [3.63, 3.8) is 0 Å². The molecule has 2 fully saturated rings. The van der Waals surface area contributed by atoms with Crippen molar-refractivity contribution in [2.24, 2.45) is 0 Å². The highest BCUT2D eigenvalue weighted by molar-refractivity contribution is 7.91. The molecule has 3 heterocycles. The number of benzene rings is 1. The van der Waals surface area contributed by atoms with E-state index >= 15 is 0 Å². The third-order valence-electron chi connectivity index (χ3n) is 6.04. The van der Waals surface area contributed by atoms with Gasteiger partial charge in [0.15, 0.2) is 0 Å². The van der Waals surface area contributed by atoms with Gasteiger partial charge in [-0.25, -0.2) is 8.42 Å². The zero-order valence-electron chi connectivity index (χ0n) is 16.3. The number of aliphatic hydroxyl groups is 1. The number of likely N-dealkylation sites (tertiary alicyclic amines) is 1. The van der Waals surface area contributed by atoms with Crippen LogP contribution in [0.2, 0.25) is 0 Å². The molecule has 1 aromatic carbocycles. The Bertz CT molecular complexity index is 1040. The second-order valence-electron chi connectivity index (χ2n) is 7.69. The quantitative estimate of drug-likeness (QED) is 0.772. The molecule has 6 nitrogen and oxygen atoms in total. The molecule has 0 aliphatic carbocycles. The largest absolute Gasteiger partial charge is 0.389 e. The summed E-state index contributed by atoms with van der Waals surface area (Å²) in [7, 11) is -3.64. The number of aromatic nitrogens is 1. The van der Waals surface area contributed by atoms with E-state index in [2.05, 4.69) is 28.1 Å². The summed E-state index contributed by atoms with van der Waals surface area (Å²) in [6, 6.07) is 8.29. The molecule has 0 radical (unpaired) electrons. The molecule has 4 rings (SSSR count). The molecule has 2 aromatic rings. The topological polar surface area (TPSA) is 76.6 Å². The summed E-state index contributed by atoms with van der Waals surface area (Å²) in [6.07, 6.45) is 6.85. The first-order valence-corrected chi connectivity index (χ1v) is 11.1. The molecule has 0 saturated carbocycles. The van der Waals surface area contributed by atoms with Gasteiger partial charge < -0.3 is 10.1 Å². The summed E-state index contributed by atoms with van der Waals surface area (Å²) in [4.78, 5) is 5.33. The van der Waals surface area contributed by atoms with Crippen LogP contribution in [0.1, 0.15) is 25.8 Å². The summed E-state index contributed by atoms with van der Waals surface area (Å²) >= 11 is 0. The fourth-order valence-corrected chi connectivity index (χ4v) is 6.85. The Morgan fingerprint density at radius 2 is 2.18 bits per heavy atom. The van der Waals surface area contributed by atoms with E-state index in [9.17, 15) is 13.5 Å². The summed E-state index contributed by atoms with van der Waals surface area (Å²) in [5, 5.41) is 11.9. The van der Waals surface area contributed by atoms with E-state index < -0.39 is 20.9 Å². The number of rotatable bonds is 4. The maximum absolute atomic E-state index is 13.4. The van der Waals surface area contributed by atoms with E-state index in [1.165, 1.54) is 4.31 Å². The molecule has 7 heteroatoms. The van der Waals surface area contributed by atoms with Crippen molar-refractivity contribution in [2.45, 2.75) is 37.7 Å². The highest BCUT2D eigenvalue weighted by Crippen LogP contribution is 2.43. The van der Waals surface area contributed by atoms with E-state index in [1.807, 2.05) is 32.2 Å². The normalized spacial score (nSPS) is 28.3. The van der Waals surface area contributed by atoms with Crippen LogP contribution >= 0.6 is 0 Å². The van der Waals surface area contributed by atoms with E-state index in [0.29, 0.717) is 31.8 Å². The molecule has 2 atom stereocenters. The molecule has 150 valence electrons. The lowest BCUT2D eigenvalue weighted by Gasteiger charge is -2.27. The van der Waals surface area contributed by atoms with Crippen molar-refractivity contribution in [1.82, 2.24) is 14.2 Å². The molecule has 2 N–H and O–H groups in total. The van der Waals surface area contributed by atoms with Gasteiger partial charge in [0.1, 0.15) is 4.75 Å². The molecule has 2 saturated heterocycles. The Morgan fingerprint density at radius 1 is 1.36 bits per heavy atom. The fraction of sp³-hybridized carbons (Fsp3) is 0.429. The highest BCUT2D eigenvalue weighted by atomic mass is 32.2. The van der Waals surface area contributed by atoms with Crippen molar-refractivity contribution in [2.75, 3.05) is 19.6 Å². The molecular formula is C21H27N3O3S. The van der Waals surface area contributed by atoms with Gasteiger partial charge in [-0.2, -0.15) is 0 Å². The van der Waals surface area contributed by atoms with Gasteiger partial charge in [-0.3, -0.25) is 9.21 Å². The van der Waals surface area contributed by atoms with Crippen molar-refractivity contribution >= 4 is 20.9 Å². The van der Waals surface area contributed by atoms with Gasteiger partial charge in [0.05, 0.1) is 12.6 Å². The van der Waals surface area contributed by atoms with Crippen molar-refractivity contribution in [3.8, 4) is 0 Å². The second kappa shape index (κ2) is 7.06. The highest BCUT2D eigenvalue weighted by Gasteiger charge is 2.61. The molecule has 0 bridgehead atoms. The average Bonchev–Trinajstić information content (AvgIpc) is 3.35. The van der Waals surface area contributed by atoms with Crippen LogP contribution in [0.4, 0.5) is 0 Å². The predicted molar refractivity (Wildman–Crippen MR) is 111 cm³/mol. The number of fused-ring (bicyclic) bond motifs is 1. The zero-order valence-corrected chi connectivity index (χ0v) is 17.1. The first-order valence-electron chi connectivity index (χ1n) is 9.69. The van der Waals surface area contributed by atoms with Crippen LogP contribution < -0.4 is 0 Å². The average molecular weight is 402 g/mol. The first-order chi connectivity index (χ1) is 13.4. The molecule has 2 aliphatic rings. The first kappa shape index (κ1) is 19.2. The van der Waals surface area contributed by atoms with E-state index in [0.717, 1.165) is 16.5 Å². The summed E-state index contributed by atoms with van der Waals surface area (Å²) in [6.45, 7) is 5.48. The van der Waals surface area contributed by atoms with Gasteiger partial charge in [0.2, 0.25) is 10.0 Å². The van der Waals surface area contributed by atoms with Crippen LogP contribution in [0.5, 0.6) is 0 Å². The van der Waals surface area contributed by atoms with E-state index in [-0.39, 0.29) is 6.54 Å². The number of β-amino-alcohol motifs (C(OH)–C–C–N with tert-alkyl or cyclic N) is 1. The number of sulfonamides is 1. The minimum atomic E-state index is -3.64. The van der Waals surface area contributed by atoms with Gasteiger partial charge in [-0.05, 0) is 55.5 Å². The lowest BCUT2D eigenvalue weighted by atomic mass is 10.0. The molecule has 1 spiro atoms. The smallest absolute Gasteiger partial charge is 0.244 e. The molecule has 0 unspecified atom stereocenters. The van der Waals surface area contributed by atoms with Crippen molar-refractivity contribution < 1.29 is 13.5 Å². The number of allylic oxidation sites excluding steroid dienone is 3. The summed E-state index contributed by atoms with van der Waals surface area (Å²) in [5.41, 5.74) is 2.86. The third kappa shape index (κ3) is 2.89. The standard InChI is InChI=1S/C21H27N3O3S/c1-3-5-18(4-2)24-14-20(25)21(28(24,26)27)9-11-23(15-21)13-16-6-7-19-17(12-16)8-10-22-19/h3-8,10,12,20,22,25H,9,11,13-15H2,1-2H3/b5-3-,18-4+/t20-,21+/m0/s1. The van der Waals surface area contributed by atoms with Crippen LogP contribution in [0.15, 0.2) is 54.4 Å². The minimum absolute atomic E-state index is 0.121. The van der Waals surface area contributed by atoms with Gasteiger partial charge in [0, 0.05) is 37.0 Å². The van der Waals surface area contributed by atoms with E-state index in [4.69, 9.17) is 0 Å². The molecule has 1 aromatic heterocycles. The van der Waals surface area contributed by atoms with Crippen LogP contribution in [0.25, 0.3) is 10.9 Å². The van der Waals surface area contributed by atoms with Crippen molar-refractivity contribution in [3.05, 3.63) is 60.0 Å². The third-order valence-corrected chi connectivity index (χ3v) is 8.61. The van der Waals surface area contributed by atoms with Gasteiger partial charge >= 0.3 is 0 Å². The van der Waals surface area contributed by atoms with Crippen LogP contribution in [0.3, 0.4) is 0 Å². The lowest BCUT2D eigenvalue weighted by Crippen LogP contribution is -2.47. The van der Waals surface area contributed by atoms with Gasteiger partial charge in [0.25, 0.3) is 0 Å². The number of H-pyrrole nitrogens is 1.